The molecule has 0 N–H and O–H groups in total. The van der Waals surface area contributed by atoms with Gasteiger partial charge < -0.3 is 14.5 Å². The topological polar surface area (TPSA) is 59.8 Å². The highest BCUT2D eigenvalue weighted by atomic mass is 35.5. The molecule has 0 radical (unpaired) electrons. The minimum absolute atomic E-state index is 0.396. The van der Waals surface area contributed by atoms with E-state index in [1.54, 1.807) is 18.4 Å². The zero-order valence-electron chi connectivity index (χ0n) is 15.1. The van der Waals surface area contributed by atoms with Crippen LogP contribution >= 0.6 is 11.6 Å². The number of benzene rings is 1. The number of halogens is 1. The van der Waals surface area contributed by atoms with Gasteiger partial charge in [0.25, 0.3) is 0 Å². The highest BCUT2D eigenvalue weighted by Crippen LogP contribution is 2.23. The molecule has 1 aromatic carbocycles. The fourth-order valence-electron chi connectivity index (χ4n) is 2.90. The van der Waals surface area contributed by atoms with Crippen molar-refractivity contribution < 1.29 is 9.57 Å². The van der Waals surface area contributed by atoms with E-state index in [1.807, 2.05) is 30.3 Å². The second kappa shape index (κ2) is 9.92. The van der Waals surface area contributed by atoms with Gasteiger partial charge >= 0.3 is 0 Å². The molecular weight excluding hydrogens is 364 g/mol. The van der Waals surface area contributed by atoms with Crippen LogP contribution in [0.2, 0.25) is 5.15 Å². The highest BCUT2D eigenvalue weighted by molar-refractivity contribution is 6.29. The molecule has 142 valence electrons. The lowest BCUT2D eigenvalue weighted by Crippen LogP contribution is -2.36. The van der Waals surface area contributed by atoms with Gasteiger partial charge in [-0.25, -0.2) is 0 Å². The van der Waals surface area contributed by atoms with E-state index in [0.717, 1.165) is 43.1 Å². The van der Waals surface area contributed by atoms with Gasteiger partial charge in [0.05, 0.1) is 12.8 Å². The summed E-state index contributed by atoms with van der Waals surface area (Å²) in [4.78, 5) is 7.26. The van der Waals surface area contributed by atoms with E-state index >= 15 is 0 Å². The second-order valence-corrected chi connectivity index (χ2v) is 6.73. The maximum atomic E-state index is 5.99. The molecule has 7 heteroatoms. The Bertz CT molecular complexity index is 759. The average Bonchev–Trinajstić information content (AvgIpc) is 2.71. The normalized spacial score (nSPS) is 15.1. The molecule has 2 aromatic rings. The van der Waals surface area contributed by atoms with E-state index in [-0.39, 0.29) is 0 Å². The quantitative estimate of drug-likeness (QED) is 0.297. The van der Waals surface area contributed by atoms with Crippen LogP contribution < -0.4 is 9.64 Å². The van der Waals surface area contributed by atoms with E-state index in [9.17, 15) is 0 Å². The summed E-state index contributed by atoms with van der Waals surface area (Å²) in [5.41, 5.74) is 0.938. The molecule has 0 unspecified atom stereocenters. The van der Waals surface area contributed by atoms with Gasteiger partial charge in [-0.1, -0.05) is 41.5 Å². The third kappa shape index (κ3) is 5.96. The molecule has 0 saturated carbocycles. The lowest BCUT2D eigenvalue weighted by molar-refractivity contribution is 0.176. The molecule has 1 fully saturated rings. The Balaban J connectivity index is 1.45. The van der Waals surface area contributed by atoms with Crippen molar-refractivity contribution >= 4 is 23.6 Å². The highest BCUT2D eigenvalue weighted by Gasteiger charge is 2.21. The van der Waals surface area contributed by atoms with Crippen molar-refractivity contribution in [1.82, 2.24) is 10.2 Å². The Morgan fingerprint density at radius 2 is 2.07 bits per heavy atom. The standard InChI is InChI=1S/C20H23ClN4O2/c1-2-12-27-22-14-17-4-3-5-18(13-17)26-15-16-8-10-25(11-9-16)20-7-6-19(21)23-24-20/h2-7,13-14,16H,1,8-12,15H2/b22-14+. The third-order valence-corrected chi connectivity index (χ3v) is 4.57. The summed E-state index contributed by atoms with van der Waals surface area (Å²) in [7, 11) is 0. The first-order valence-electron chi connectivity index (χ1n) is 8.98. The van der Waals surface area contributed by atoms with E-state index in [1.165, 1.54) is 0 Å². The largest absolute Gasteiger partial charge is 0.493 e. The van der Waals surface area contributed by atoms with Gasteiger partial charge in [-0.15, -0.1) is 10.2 Å². The van der Waals surface area contributed by atoms with Crippen molar-refractivity contribution in [2.24, 2.45) is 11.1 Å². The van der Waals surface area contributed by atoms with Crippen LogP contribution in [0.15, 0.2) is 54.2 Å². The van der Waals surface area contributed by atoms with Crippen LogP contribution in [0.25, 0.3) is 0 Å². The summed E-state index contributed by atoms with van der Waals surface area (Å²) in [5.74, 6) is 2.24. The van der Waals surface area contributed by atoms with Gasteiger partial charge in [0.15, 0.2) is 11.0 Å². The summed E-state index contributed by atoms with van der Waals surface area (Å²) in [6.07, 6.45) is 5.44. The maximum absolute atomic E-state index is 5.99. The van der Waals surface area contributed by atoms with Crippen LogP contribution in [0.1, 0.15) is 18.4 Å². The van der Waals surface area contributed by atoms with E-state index in [4.69, 9.17) is 21.2 Å². The zero-order valence-corrected chi connectivity index (χ0v) is 15.9. The monoisotopic (exact) mass is 386 g/mol. The van der Waals surface area contributed by atoms with Gasteiger partial charge in [0.2, 0.25) is 0 Å². The van der Waals surface area contributed by atoms with Gasteiger partial charge in [0, 0.05) is 13.1 Å². The summed E-state index contributed by atoms with van der Waals surface area (Å²) in [5, 5.41) is 12.4. The van der Waals surface area contributed by atoms with Gasteiger partial charge in [-0.3, -0.25) is 0 Å². The van der Waals surface area contributed by atoms with Crippen molar-refractivity contribution in [3.05, 3.63) is 59.8 Å². The van der Waals surface area contributed by atoms with Gasteiger partial charge in [-0.2, -0.15) is 0 Å². The Hall–Kier alpha value is -2.60. The van der Waals surface area contributed by atoms with E-state index in [2.05, 4.69) is 26.8 Å². The number of rotatable bonds is 8. The number of nitrogens with zero attached hydrogens (tertiary/aromatic N) is 4. The van der Waals surface area contributed by atoms with Gasteiger partial charge in [0.1, 0.15) is 12.4 Å². The van der Waals surface area contributed by atoms with E-state index < -0.39 is 0 Å². The lowest BCUT2D eigenvalue weighted by atomic mass is 9.98. The summed E-state index contributed by atoms with van der Waals surface area (Å²) >= 11 is 5.80. The molecule has 0 atom stereocenters. The Morgan fingerprint density at radius 1 is 1.22 bits per heavy atom. The molecule has 6 nitrogen and oxygen atoms in total. The summed E-state index contributed by atoms with van der Waals surface area (Å²) in [6.45, 7) is 6.56. The van der Waals surface area contributed by atoms with E-state index in [0.29, 0.717) is 24.3 Å². The molecule has 2 heterocycles. The average molecular weight is 387 g/mol. The first-order chi connectivity index (χ1) is 13.2. The Morgan fingerprint density at radius 3 is 2.81 bits per heavy atom. The van der Waals surface area contributed by atoms with Crippen LogP contribution in [0, 0.1) is 5.92 Å². The van der Waals surface area contributed by atoms with Crippen LogP contribution in [0.3, 0.4) is 0 Å². The molecule has 1 aliphatic heterocycles. The molecule has 0 aliphatic carbocycles. The predicted octanol–water partition coefficient (Wildman–Crippen LogP) is 3.96. The van der Waals surface area contributed by atoms with Crippen LogP contribution in [-0.2, 0) is 4.84 Å². The van der Waals surface area contributed by atoms with Gasteiger partial charge in [-0.05, 0) is 48.6 Å². The molecular formula is C20H23ClN4O2. The Kier molecular flexibility index (Phi) is 7.04. The summed E-state index contributed by atoms with van der Waals surface area (Å²) in [6, 6.07) is 11.5. The molecule has 0 amide bonds. The molecule has 1 saturated heterocycles. The Labute approximate surface area is 164 Å². The zero-order chi connectivity index (χ0) is 18.9. The van der Waals surface area contributed by atoms with Crippen molar-refractivity contribution in [3.8, 4) is 5.75 Å². The van der Waals surface area contributed by atoms with Crippen molar-refractivity contribution in [2.75, 3.05) is 31.2 Å². The summed E-state index contributed by atoms with van der Waals surface area (Å²) < 4.78 is 5.99. The maximum Gasteiger partial charge on any atom is 0.151 e. The number of anilines is 1. The van der Waals surface area contributed by atoms with Crippen molar-refractivity contribution in [2.45, 2.75) is 12.8 Å². The first kappa shape index (κ1) is 19.2. The first-order valence-corrected chi connectivity index (χ1v) is 9.35. The minimum atomic E-state index is 0.396. The van der Waals surface area contributed by atoms with Crippen LogP contribution in [-0.4, -0.2) is 42.7 Å². The number of oxime groups is 1. The second-order valence-electron chi connectivity index (χ2n) is 6.35. The fourth-order valence-corrected chi connectivity index (χ4v) is 3.00. The molecule has 27 heavy (non-hydrogen) atoms. The number of hydrogen-bond acceptors (Lipinski definition) is 6. The predicted molar refractivity (Wildman–Crippen MR) is 108 cm³/mol. The minimum Gasteiger partial charge on any atom is -0.493 e. The van der Waals surface area contributed by atoms with Crippen molar-refractivity contribution in [1.29, 1.82) is 0 Å². The number of aromatic nitrogens is 2. The van der Waals surface area contributed by atoms with Crippen molar-refractivity contribution in [3.63, 3.8) is 0 Å². The fraction of sp³-hybridized carbons (Fsp3) is 0.350. The van der Waals surface area contributed by atoms with Crippen LogP contribution in [0.5, 0.6) is 5.75 Å². The number of piperidine rings is 1. The molecule has 1 aliphatic rings. The molecule has 1 aromatic heterocycles. The van der Waals surface area contributed by atoms with Crippen LogP contribution in [0.4, 0.5) is 5.82 Å². The molecule has 0 spiro atoms. The number of ether oxygens (including phenoxy) is 1. The number of hydrogen-bond donors (Lipinski definition) is 0. The molecule has 0 bridgehead atoms. The SMILES string of the molecule is C=CCO/N=C/c1cccc(OCC2CCN(c3ccc(Cl)nn3)CC2)c1. The lowest BCUT2D eigenvalue weighted by Gasteiger charge is -2.32. The smallest absolute Gasteiger partial charge is 0.151 e. The third-order valence-electron chi connectivity index (χ3n) is 4.37. The molecule has 3 rings (SSSR count).